The van der Waals surface area contributed by atoms with Gasteiger partial charge in [0.1, 0.15) is 0 Å². The number of piperidine rings is 1. The summed E-state index contributed by atoms with van der Waals surface area (Å²) in [6, 6.07) is 3.91. The fraction of sp³-hybridized carbons (Fsp3) is 0.500. The van der Waals surface area contributed by atoms with E-state index in [1.54, 1.807) is 0 Å². The largest absolute Gasteiger partial charge is 0.416 e. The summed E-state index contributed by atoms with van der Waals surface area (Å²) in [5, 5.41) is 12.0. The van der Waals surface area contributed by atoms with E-state index in [4.69, 9.17) is 5.41 Å². The topological polar surface area (TPSA) is 51.7 Å². The third kappa shape index (κ3) is 2.05. The van der Waals surface area contributed by atoms with Gasteiger partial charge in [-0.25, -0.2) is 0 Å². The van der Waals surface area contributed by atoms with Crippen molar-refractivity contribution >= 4 is 17.1 Å². The highest BCUT2D eigenvalue weighted by Gasteiger charge is 2.52. The van der Waals surface area contributed by atoms with Crippen LogP contribution in [0.2, 0.25) is 0 Å². The Balaban J connectivity index is 1.89. The standard InChI is InChI=1S/C18H20F3N3/c1-16-4-5-23-10-17(16,9-22)7-13-12-6-11(18(19,20)21)2-3-14(12)24-15(13)8-16/h2-3,6,9,22-24H,4-5,7-8,10H2,1H3/t16-,17-/m1/s1. The van der Waals surface area contributed by atoms with Crippen LogP contribution < -0.4 is 5.32 Å². The van der Waals surface area contributed by atoms with Gasteiger partial charge >= 0.3 is 6.18 Å². The second-order valence-electron chi connectivity index (χ2n) is 7.48. The Hall–Kier alpha value is -1.82. The van der Waals surface area contributed by atoms with E-state index < -0.39 is 11.7 Å². The van der Waals surface area contributed by atoms with Crippen LogP contribution >= 0.6 is 0 Å². The van der Waals surface area contributed by atoms with Crippen LogP contribution in [0.3, 0.4) is 0 Å². The molecule has 128 valence electrons. The number of benzene rings is 1. The van der Waals surface area contributed by atoms with Gasteiger partial charge in [0.25, 0.3) is 0 Å². The highest BCUT2D eigenvalue weighted by Crippen LogP contribution is 2.52. The molecule has 4 rings (SSSR count). The zero-order valence-electron chi connectivity index (χ0n) is 13.5. The highest BCUT2D eigenvalue weighted by molar-refractivity contribution is 5.87. The van der Waals surface area contributed by atoms with Crippen LogP contribution in [-0.4, -0.2) is 24.3 Å². The third-order valence-corrected chi connectivity index (χ3v) is 6.15. The summed E-state index contributed by atoms with van der Waals surface area (Å²) < 4.78 is 39.2. The minimum absolute atomic E-state index is 0.0409. The number of hydrogen-bond donors (Lipinski definition) is 3. The van der Waals surface area contributed by atoms with Crippen molar-refractivity contribution in [1.82, 2.24) is 10.3 Å². The molecule has 1 fully saturated rings. The Labute approximate surface area is 138 Å². The number of halogens is 3. The number of H-pyrrole nitrogens is 1. The van der Waals surface area contributed by atoms with Crippen molar-refractivity contribution in [2.24, 2.45) is 10.8 Å². The Morgan fingerprint density at radius 3 is 2.75 bits per heavy atom. The van der Waals surface area contributed by atoms with E-state index in [0.717, 1.165) is 42.2 Å². The monoisotopic (exact) mass is 335 g/mol. The van der Waals surface area contributed by atoms with Crippen LogP contribution in [0.5, 0.6) is 0 Å². The van der Waals surface area contributed by atoms with Gasteiger partial charge in [0.2, 0.25) is 0 Å². The molecule has 24 heavy (non-hydrogen) atoms. The summed E-state index contributed by atoms with van der Waals surface area (Å²) in [5.41, 5.74) is 1.74. The lowest BCUT2D eigenvalue weighted by Crippen LogP contribution is -2.57. The van der Waals surface area contributed by atoms with Gasteiger partial charge in [-0.05, 0) is 55.0 Å². The molecule has 0 spiro atoms. The zero-order chi connectivity index (χ0) is 17.2. The SMILES string of the molecule is C[C@]12CCNC[C@]1(C=N)Cc1c([nH]c3ccc(C(F)(F)F)cc13)C2. The Morgan fingerprint density at radius 2 is 2.04 bits per heavy atom. The molecule has 3 N–H and O–H groups in total. The summed E-state index contributed by atoms with van der Waals surface area (Å²) in [6.45, 7) is 3.83. The molecule has 0 bridgehead atoms. The maximum Gasteiger partial charge on any atom is 0.416 e. The molecule has 2 heterocycles. The summed E-state index contributed by atoms with van der Waals surface area (Å²) in [4.78, 5) is 3.33. The van der Waals surface area contributed by atoms with Gasteiger partial charge in [-0.3, -0.25) is 0 Å². The third-order valence-electron chi connectivity index (χ3n) is 6.15. The molecule has 1 aliphatic heterocycles. The minimum atomic E-state index is -4.34. The lowest BCUT2D eigenvalue weighted by Gasteiger charge is -2.53. The lowest BCUT2D eigenvalue weighted by atomic mass is 9.54. The van der Waals surface area contributed by atoms with Crippen molar-refractivity contribution in [2.45, 2.75) is 32.4 Å². The van der Waals surface area contributed by atoms with Gasteiger partial charge in [0, 0.05) is 34.8 Å². The summed E-state index contributed by atoms with van der Waals surface area (Å²) in [7, 11) is 0. The molecular formula is C18H20F3N3. The molecule has 1 aromatic carbocycles. The Bertz CT molecular complexity index is 823. The molecule has 0 radical (unpaired) electrons. The first-order chi connectivity index (χ1) is 11.3. The van der Waals surface area contributed by atoms with Gasteiger partial charge in [-0.1, -0.05) is 6.92 Å². The molecule has 0 amide bonds. The first-order valence-corrected chi connectivity index (χ1v) is 8.21. The molecule has 2 atom stereocenters. The van der Waals surface area contributed by atoms with Crippen LogP contribution in [0.15, 0.2) is 18.2 Å². The van der Waals surface area contributed by atoms with Crippen molar-refractivity contribution < 1.29 is 13.2 Å². The Morgan fingerprint density at radius 1 is 1.25 bits per heavy atom. The number of fused-ring (bicyclic) bond motifs is 4. The van der Waals surface area contributed by atoms with Crippen molar-refractivity contribution in [3.05, 3.63) is 35.0 Å². The molecule has 0 unspecified atom stereocenters. The van der Waals surface area contributed by atoms with Gasteiger partial charge in [0.15, 0.2) is 0 Å². The molecule has 1 saturated heterocycles. The maximum absolute atomic E-state index is 13.1. The van der Waals surface area contributed by atoms with Crippen molar-refractivity contribution in [3.8, 4) is 0 Å². The van der Waals surface area contributed by atoms with Gasteiger partial charge in [0.05, 0.1) is 5.56 Å². The van der Waals surface area contributed by atoms with Gasteiger partial charge in [-0.2, -0.15) is 13.2 Å². The predicted molar refractivity (Wildman–Crippen MR) is 87.5 cm³/mol. The van der Waals surface area contributed by atoms with Crippen LogP contribution in [0, 0.1) is 16.2 Å². The first kappa shape index (κ1) is 15.7. The van der Waals surface area contributed by atoms with E-state index in [1.807, 2.05) is 0 Å². The van der Waals surface area contributed by atoms with E-state index in [2.05, 4.69) is 17.2 Å². The first-order valence-electron chi connectivity index (χ1n) is 8.21. The number of rotatable bonds is 1. The van der Waals surface area contributed by atoms with Crippen molar-refractivity contribution in [2.75, 3.05) is 13.1 Å². The average molecular weight is 335 g/mol. The molecule has 0 saturated carbocycles. The van der Waals surface area contributed by atoms with Crippen LogP contribution in [-0.2, 0) is 19.0 Å². The van der Waals surface area contributed by atoms with Gasteiger partial charge in [-0.15, -0.1) is 0 Å². The van der Waals surface area contributed by atoms with E-state index in [1.165, 1.54) is 18.3 Å². The second-order valence-corrected chi connectivity index (χ2v) is 7.48. The Kier molecular flexibility index (Phi) is 3.17. The lowest BCUT2D eigenvalue weighted by molar-refractivity contribution is -0.137. The van der Waals surface area contributed by atoms with Crippen molar-refractivity contribution in [1.29, 1.82) is 5.41 Å². The quantitative estimate of drug-likeness (QED) is 0.680. The normalized spacial score (nSPS) is 30.0. The molecule has 1 aromatic heterocycles. The average Bonchev–Trinajstić information content (AvgIpc) is 2.86. The maximum atomic E-state index is 13.1. The van der Waals surface area contributed by atoms with Crippen LogP contribution in [0.25, 0.3) is 10.9 Å². The van der Waals surface area contributed by atoms with E-state index >= 15 is 0 Å². The predicted octanol–water partition coefficient (Wildman–Crippen LogP) is 3.92. The molecule has 2 aliphatic rings. The van der Waals surface area contributed by atoms with Crippen molar-refractivity contribution in [3.63, 3.8) is 0 Å². The molecule has 2 aromatic rings. The summed E-state index contributed by atoms with van der Waals surface area (Å²) in [5.74, 6) is 0. The number of aromatic nitrogens is 1. The summed E-state index contributed by atoms with van der Waals surface area (Å²) >= 11 is 0. The minimum Gasteiger partial charge on any atom is -0.358 e. The number of aromatic amines is 1. The number of hydrogen-bond acceptors (Lipinski definition) is 2. The number of alkyl halides is 3. The van der Waals surface area contributed by atoms with Crippen LogP contribution in [0.4, 0.5) is 13.2 Å². The molecule has 1 aliphatic carbocycles. The molecule has 3 nitrogen and oxygen atoms in total. The highest BCUT2D eigenvalue weighted by atomic mass is 19.4. The zero-order valence-corrected chi connectivity index (χ0v) is 13.5. The van der Waals surface area contributed by atoms with E-state index in [9.17, 15) is 13.2 Å². The smallest absolute Gasteiger partial charge is 0.358 e. The number of nitrogens with one attached hydrogen (secondary N) is 3. The molecule has 6 heteroatoms. The fourth-order valence-corrected chi connectivity index (χ4v) is 4.49. The second kappa shape index (κ2) is 4.85. The molecular weight excluding hydrogens is 315 g/mol. The van der Waals surface area contributed by atoms with Crippen LogP contribution in [0.1, 0.15) is 30.2 Å². The fourth-order valence-electron chi connectivity index (χ4n) is 4.49. The van der Waals surface area contributed by atoms with E-state index in [0.29, 0.717) is 18.4 Å². The summed E-state index contributed by atoms with van der Waals surface area (Å²) in [6.07, 6.45) is -0.473. The van der Waals surface area contributed by atoms with E-state index in [-0.39, 0.29) is 10.8 Å². The van der Waals surface area contributed by atoms with Gasteiger partial charge < -0.3 is 15.7 Å².